The number of methoxy groups -OCH3 is 1. The molecule has 0 aliphatic rings. The quantitative estimate of drug-likeness (QED) is 0.225. The van der Waals surface area contributed by atoms with E-state index in [2.05, 4.69) is 10.2 Å². The van der Waals surface area contributed by atoms with Crippen molar-refractivity contribution < 1.29 is 24.1 Å². The molecule has 196 valence electrons. The van der Waals surface area contributed by atoms with Gasteiger partial charge < -0.3 is 24.6 Å². The molecule has 0 spiro atoms. The second-order valence-corrected chi connectivity index (χ2v) is 11.0. The number of rotatable bonds is 12. The van der Waals surface area contributed by atoms with E-state index in [9.17, 15) is 9.90 Å². The van der Waals surface area contributed by atoms with Crippen molar-refractivity contribution in [1.29, 1.82) is 0 Å². The van der Waals surface area contributed by atoms with Crippen molar-refractivity contribution in [3.63, 3.8) is 0 Å². The Hall–Kier alpha value is -2.44. The number of aryl methyl sites for hydroxylation is 1. The van der Waals surface area contributed by atoms with E-state index in [0.717, 1.165) is 21.8 Å². The fourth-order valence-corrected chi connectivity index (χ4v) is 4.94. The molecule has 2 aromatic carbocycles. The highest BCUT2D eigenvalue weighted by molar-refractivity contribution is 7.99. The molecule has 1 atom stereocenters. The van der Waals surface area contributed by atoms with Crippen molar-refractivity contribution in [3.8, 4) is 5.75 Å². The Labute approximate surface area is 223 Å². The second kappa shape index (κ2) is 13.8. The average molecular weight is 535 g/mol. The number of aliphatic hydroxyl groups excluding tert-OH is 1. The molecule has 0 saturated heterocycles. The maximum Gasteiger partial charge on any atom is 0.408 e. The Kier molecular flexibility index (Phi) is 11.4. The first-order valence-corrected chi connectivity index (χ1v) is 13.0. The summed E-state index contributed by atoms with van der Waals surface area (Å²) in [5.74, 6) is 0.620. The number of nitrogens with one attached hydrogen (secondary N) is 1. The summed E-state index contributed by atoms with van der Waals surface area (Å²) in [6, 6.07) is 11.0. The molecule has 1 amide bonds. The van der Waals surface area contributed by atoms with Gasteiger partial charge in [-0.05, 0) is 69.9 Å². The Bertz CT molecular complexity index is 1070. The molecule has 0 radical (unpaired) electrons. The van der Waals surface area contributed by atoms with Gasteiger partial charge in [-0.2, -0.15) is 0 Å². The minimum absolute atomic E-state index is 0.103. The van der Waals surface area contributed by atoms with Crippen LogP contribution in [-0.2, 0) is 15.9 Å². The van der Waals surface area contributed by atoms with Crippen LogP contribution in [0.25, 0.3) is 4.85 Å². The lowest BCUT2D eigenvalue weighted by Crippen LogP contribution is -2.53. The third kappa shape index (κ3) is 9.21. The number of alkyl carbamates (subject to hydrolysis) is 1. The molecule has 2 rings (SSSR count). The Morgan fingerprint density at radius 2 is 1.94 bits per heavy atom. The lowest BCUT2D eigenvalue weighted by atomic mass is 9.87. The van der Waals surface area contributed by atoms with Gasteiger partial charge in [0.05, 0.1) is 18.7 Å². The largest absolute Gasteiger partial charge is 0.466 e. The van der Waals surface area contributed by atoms with E-state index in [1.807, 2.05) is 25.1 Å². The number of carbonyl (C=O) groups excluding carboxylic acids is 1. The predicted molar refractivity (Wildman–Crippen MR) is 143 cm³/mol. The van der Waals surface area contributed by atoms with Gasteiger partial charge in [0.25, 0.3) is 0 Å². The number of aliphatic hydroxyl groups is 1. The number of ether oxygens (including phenoxy) is 3. The number of benzene rings is 2. The lowest BCUT2D eigenvalue weighted by molar-refractivity contribution is 0.0373. The van der Waals surface area contributed by atoms with Crippen LogP contribution in [0.15, 0.2) is 46.2 Å². The van der Waals surface area contributed by atoms with Gasteiger partial charge in [-0.25, -0.2) is 9.64 Å². The summed E-state index contributed by atoms with van der Waals surface area (Å²) in [4.78, 5) is 17.6. The zero-order valence-corrected chi connectivity index (χ0v) is 23.1. The number of hydrogen-bond donors (Lipinski definition) is 2. The van der Waals surface area contributed by atoms with Crippen LogP contribution in [0.3, 0.4) is 0 Å². The number of hydrogen-bond acceptors (Lipinski definition) is 6. The molecular formula is C27H35ClN2O5S. The third-order valence-corrected chi connectivity index (χ3v) is 6.69. The molecule has 0 aromatic heterocycles. The number of halogens is 1. The monoisotopic (exact) mass is 534 g/mol. The first kappa shape index (κ1) is 29.8. The van der Waals surface area contributed by atoms with E-state index in [1.54, 1.807) is 46.1 Å². The number of nitrogens with zero attached hydrogens (tertiary/aromatic N) is 1. The molecule has 0 aliphatic heterocycles. The van der Waals surface area contributed by atoms with Crippen LogP contribution in [0.5, 0.6) is 5.75 Å². The van der Waals surface area contributed by atoms with Crippen molar-refractivity contribution >= 4 is 35.1 Å². The lowest BCUT2D eigenvalue weighted by Gasteiger charge is -2.34. The molecule has 0 fully saturated rings. The molecule has 0 unspecified atom stereocenters. The fraction of sp³-hybridized carbons (Fsp3) is 0.481. The zero-order valence-electron chi connectivity index (χ0n) is 21.5. The van der Waals surface area contributed by atoms with Gasteiger partial charge >= 0.3 is 6.09 Å². The summed E-state index contributed by atoms with van der Waals surface area (Å²) in [6.07, 6.45) is 1.92. The summed E-state index contributed by atoms with van der Waals surface area (Å²) in [5.41, 5.74) is -0.0102. The summed E-state index contributed by atoms with van der Waals surface area (Å²) in [6.45, 7) is 14.6. The smallest absolute Gasteiger partial charge is 0.408 e. The van der Waals surface area contributed by atoms with Crippen molar-refractivity contribution in [2.75, 3.05) is 20.5 Å². The normalized spacial score (nSPS) is 12.9. The minimum atomic E-state index is -0.804. The van der Waals surface area contributed by atoms with E-state index in [-0.39, 0.29) is 13.4 Å². The summed E-state index contributed by atoms with van der Waals surface area (Å²) in [5, 5.41) is 13.7. The summed E-state index contributed by atoms with van der Waals surface area (Å²) < 4.78 is 16.1. The maximum absolute atomic E-state index is 12.4. The highest BCUT2D eigenvalue weighted by atomic mass is 35.5. The summed E-state index contributed by atoms with van der Waals surface area (Å²) >= 11 is 8.08. The number of carbonyl (C=O) groups is 1. The van der Waals surface area contributed by atoms with Gasteiger partial charge in [0.15, 0.2) is 12.5 Å². The Balaban J connectivity index is 2.17. The molecule has 36 heavy (non-hydrogen) atoms. The van der Waals surface area contributed by atoms with Gasteiger partial charge in [-0.3, -0.25) is 0 Å². The Morgan fingerprint density at radius 3 is 2.53 bits per heavy atom. The molecule has 0 saturated carbocycles. The first-order valence-electron chi connectivity index (χ1n) is 11.8. The van der Waals surface area contributed by atoms with Crippen LogP contribution >= 0.6 is 23.4 Å². The third-order valence-electron chi connectivity index (χ3n) is 5.31. The van der Waals surface area contributed by atoms with Crippen molar-refractivity contribution in [1.82, 2.24) is 5.32 Å². The van der Waals surface area contributed by atoms with E-state index in [0.29, 0.717) is 35.7 Å². The molecule has 0 bridgehead atoms. The zero-order chi connectivity index (χ0) is 26.8. The van der Waals surface area contributed by atoms with Gasteiger partial charge in [0, 0.05) is 21.9 Å². The van der Waals surface area contributed by atoms with Crippen molar-refractivity contribution in [3.05, 3.63) is 58.4 Å². The number of amides is 1. The predicted octanol–water partition coefficient (Wildman–Crippen LogP) is 7.01. The van der Waals surface area contributed by atoms with Crippen LogP contribution in [0.4, 0.5) is 10.5 Å². The molecule has 2 N–H and O–H groups in total. The molecular weight excluding hydrogens is 500 g/mol. The van der Waals surface area contributed by atoms with E-state index in [1.165, 1.54) is 11.8 Å². The molecule has 0 aliphatic carbocycles. The van der Waals surface area contributed by atoms with Crippen LogP contribution in [0, 0.1) is 6.57 Å². The maximum atomic E-state index is 12.4. The van der Waals surface area contributed by atoms with Gasteiger partial charge in [-0.15, -0.1) is 0 Å². The van der Waals surface area contributed by atoms with E-state index < -0.39 is 17.2 Å². The SMILES string of the molecule is [C-]#[N+]c1ccc(OCOC)c(Sc2ccc(CC[C@](CO)(CCC)NC(=O)OC(C)(C)C)c(Cl)c2)c1. The summed E-state index contributed by atoms with van der Waals surface area (Å²) in [7, 11) is 1.55. The Morgan fingerprint density at radius 1 is 1.19 bits per heavy atom. The average Bonchev–Trinajstić information content (AvgIpc) is 2.81. The van der Waals surface area contributed by atoms with Crippen LogP contribution in [-0.4, -0.2) is 42.8 Å². The van der Waals surface area contributed by atoms with E-state index >= 15 is 0 Å². The van der Waals surface area contributed by atoms with Gasteiger partial charge in [0.1, 0.15) is 11.4 Å². The molecule has 0 heterocycles. The first-order chi connectivity index (χ1) is 17.0. The van der Waals surface area contributed by atoms with Crippen molar-refractivity contribution in [2.45, 2.75) is 74.3 Å². The molecule has 7 nitrogen and oxygen atoms in total. The van der Waals surface area contributed by atoms with E-state index in [4.69, 9.17) is 32.4 Å². The molecule has 2 aromatic rings. The highest BCUT2D eigenvalue weighted by Crippen LogP contribution is 2.39. The topological polar surface area (TPSA) is 81.4 Å². The highest BCUT2D eigenvalue weighted by Gasteiger charge is 2.32. The standard InChI is InChI=1S/C27H35ClN2O5S/c1-7-13-27(17-31,30-25(32)35-26(2,3)4)14-12-19-8-10-21(16-22(19)28)36-24-15-20(29-5)9-11-23(24)34-18-33-6/h8-11,15-16,31H,7,12-14,17-18H2,1-4,6H3,(H,30,32)/t27-/m0/s1. The second-order valence-electron chi connectivity index (χ2n) is 9.46. The van der Waals surface area contributed by atoms with Crippen molar-refractivity contribution in [2.24, 2.45) is 0 Å². The minimum Gasteiger partial charge on any atom is -0.466 e. The molecule has 9 heteroatoms. The fourth-order valence-electron chi connectivity index (χ4n) is 3.63. The van der Waals surface area contributed by atoms with Crippen LogP contribution in [0.1, 0.15) is 52.5 Å². The van der Waals surface area contributed by atoms with Gasteiger partial charge in [0.2, 0.25) is 0 Å². The van der Waals surface area contributed by atoms with Crippen LogP contribution in [0.2, 0.25) is 5.02 Å². The van der Waals surface area contributed by atoms with Gasteiger partial charge in [-0.1, -0.05) is 48.8 Å². The van der Waals surface area contributed by atoms with Crippen LogP contribution < -0.4 is 10.1 Å².